The van der Waals surface area contributed by atoms with Crippen molar-refractivity contribution in [3.8, 4) is 0 Å². The third-order valence-corrected chi connectivity index (χ3v) is 2.81. The van der Waals surface area contributed by atoms with Crippen LogP contribution in [-0.4, -0.2) is 12.2 Å². The van der Waals surface area contributed by atoms with Crippen LogP contribution in [0.5, 0.6) is 0 Å². The maximum atomic E-state index is 13.8. The lowest BCUT2D eigenvalue weighted by Crippen LogP contribution is -2.19. The van der Waals surface area contributed by atoms with E-state index in [1.807, 2.05) is 19.1 Å². The van der Waals surface area contributed by atoms with Crippen molar-refractivity contribution in [3.63, 3.8) is 0 Å². The summed E-state index contributed by atoms with van der Waals surface area (Å²) in [4.78, 5) is 1.74. The Hall–Kier alpha value is -1.81. The first-order valence-corrected chi connectivity index (χ1v) is 5.76. The SMILES string of the molecule is Cc1ccc(CN(C)c2c(F)cccc2CO)o1. The van der Waals surface area contributed by atoms with Crippen LogP contribution in [0.15, 0.2) is 34.7 Å². The van der Waals surface area contributed by atoms with Crippen LogP contribution >= 0.6 is 0 Å². The van der Waals surface area contributed by atoms with Crippen molar-refractivity contribution in [2.75, 3.05) is 11.9 Å². The summed E-state index contributed by atoms with van der Waals surface area (Å²) in [5.74, 6) is 1.25. The highest BCUT2D eigenvalue weighted by atomic mass is 19.1. The second kappa shape index (κ2) is 5.23. The Kier molecular flexibility index (Phi) is 3.67. The summed E-state index contributed by atoms with van der Waals surface area (Å²) in [7, 11) is 1.77. The smallest absolute Gasteiger partial charge is 0.146 e. The number of rotatable bonds is 4. The molecule has 0 atom stereocenters. The van der Waals surface area contributed by atoms with Gasteiger partial charge in [0.1, 0.15) is 17.3 Å². The van der Waals surface area contributed by atoms with Crippen molar-refractivity contribution in [1.82, 2.24) is 0 Å². The molecular weight excluding hydrogens is 233 g/mol. The van der Waals surface area contributed by atoms with Gasteiger partial charge in [0, 0.05) is 12.6 Å². The minimum Gasteiger partial charge on any atom is -0.464 e. The van der Waals surface area contributed by atoms with E-state index < -0.39 is 0 Å². The molecule has 0 amide bonds. The van der Waals surface area contributed by atoms with E-state index in [1.165, 1.54) is 6.07 Å². The number of aliphatic hydroxyl groups is 1. The number of benzene rings is 1. The first-order valence-electron chi connectivity index (χ1n) is 5.76. The summed E-state index contributed by atoms with van der Waals surface area (Å²) in [6.07, 6.45) is 0. The second-order valence-corrected chi connectivity index (χ2v) is 4.27. The number of aryl methyl sites for hydroxylation is 1. The number of hydrogen-bond donors (Lipinski definition) is 1. The number of para-hydroxylation sites is 1. The van der Waals surface area contributed by atoms with Gasteiger partial charge in [-0.2, -0.15) is 0 Å². The highest BCUT2D eigenvalue weighted by Gasteiger charge is 2.13. The first-order chi connectivity index (χ1) is 8.61. The summed E-state index contributed by atoms with van der Waals surface area (Å²) in [6.45, 7) is 2.14. The molecule has 0 radical (unpaired) electrons. The van der Waals surface area contributed by atoms with Gasteiger partial charge in [-0.25, -0.2) is 4.39 Å². The Bertz CT molecular complexity index is 536. The van der Waals surface area contributed by atoms with Crippen LogP contribution in [0.4, 0.5) is 10.1 Å². The Morgan fingerprint density at radius 3 is 2.67 bits per heavy atom. The summed E-state index contributed by atoms with van der Waals surface area (Å²) >= 11 is 0. The fourth-order valence-electron chi connectivity index (χ4n) is 2.00. The maximum absolute atomic E-state index is 13.8. The van der Waals surface area contributed by atoms with Crippen LogP contribution in [-0.2, 0) is 13.2 Å². The zero-order valence-corrected chi connectivity index (χ0v) is 10.5. The third-order valence-electron chi connectivity index (χ3n) is 2.81. The quantitative estimate of drug-likeness (QED) is 0.905. The van der Waals surface area contributed by atoms with Crippen LogP contribution in [0.1, 0.15) is 17.1 Å². The monoisotopic (exact) mass is 249 g/mol. The minimum absolute atomic E-state index is 0.186. The van der Waals surface area contributed by atoms with Crippen molar-refractivity contribution in [3.05, 3.63) is 53.2 Å². The van der Waals surface area contributed by atoms with E-state index in [1.54, 1.807) is 24.1 Å². The van der Waals surface area contributed by atoms with E-state index in [9.17, 15) is 9.50 Å². The van der Waals surface area contributed by atoms with Gasteiger partial charge in [-0.1, -0.05) is 12.1 Å². The first kappa shape index (κ1) is 12.6. The maximum Gasteiger partial charge on any atom is 0.146 e. The topological polar surface area (TPSA) is 36.6 Å². The van der Waals surface area contributed by atoms with E-state index in [-0.39, 0.29) is 12.4 Å². The highest BCUT2D eigenvalue weighted by Crippen LogP contribution is 2.25. The largest absolute Gasteiger partial charge is 0.464 e. The van der Waals surface area contributed by atoms with Gasteiger partial charge in [-0.3, -0.25) is 0 Å². The van der Waals surface area contributed by atoms with E-state index in [0.717, 1.165) is 11.5 Å². The summed E-state index contributed by atoms with van der Waals surface area (Å²) in [6, 6.07) is 8.43. The van der Waals surface area contributed by atoms with E-state index in [2.05, 4.69) is 0 Å². The van der Waals surface area contributed by atoms with Crippen molar-refractivity contribution < 1.29 is 13.9 Å². The zero-order chi connectivity index (χ0) is 13.1. The van der Waals surface area contributed by atoms with Gasteiger partial charge in [0.2, 0.25) is 0 Å². The van der Waals surface area contributed by atoms with Crippen LogP contribution < -0.4 is 4.90 Å². The Morgan fingerprint density at radius 2 is 2.06 bits per heavy atom. The fraction of sp³-hybridized carbons (Fsp3) is 0.286. The molecule has 18 heavy (non-hydrogen) atoms. The average Bonchev–Trinajstić information content (AvgIpc) is 2.74. The molecule has 0 bridgehead atoms. The molecule has 1 aromatic heterocycles. The van der Waals surface area contributed by atoms with Crippen LogP contribution in [0, 0.1) is 12.7 Å². The van der Waals surface area contributed by atoms with Crippen LogP contribution in [0.3, 0.4) is 0 Å². The predicted octanol–water partition coefficient (Wildman–Crippen LogP) is 2.86. The lowest BCUT2D eigenvalue weighted by molar-refractivity contribution is 0.281. The molecule has 0 fully saturated rings. The average molecular weight is 249 g/mol. The van der Waals surface area contributed by atoms with Gasteiger partial charge in [0.15, 0.2) is 0 Å². The number of aliphatic hydroxyl groups excluding tert-OH is 1. The van der Waals surface area contributed by atoms with Gasteiger partial charge in [0.25, 0.3) is 0 Å². The zero-order valence-electron chi connectivity index (χ0n) is 10.5. The molecule has 2 aromatic rings. The summed E-state index contributed by atoms with van der Waals surface area (Å²) in [5, 5.41) is 9.25. The van der Waals surface area contributed by atoms with E-state index in [0.29, 0.717) is 17.8 Å². The van der Waals surface area contributed by atoms with Crippen LogP contribution in [0.2, 0.25) is 0 Å². The van der Waals surface area contributed by atoms with Gasteiger partial charge in [-0.15, -0.1) is 0 Å². The molecule has 0 aliphatic carbocycles. The van der Waals surface area contributed by atoms with Crippen LogP contribution in [0.25, 0.3) is 0 Å². The molecule has 0 saturated heterocycles. The molecule has 1 N–H and O–H groups in total. The Morgan fingerprint density at radius 1 is 1.28 bits per heavy atom. The molecule has 1 heterocycles. The van der Waals surface area contributed by atoms with E-state index >= 15 is 0 Å². The van der Waals surface area contributed by atoms with E-state index in [4.69, 9.17) is 4.42 Å². The molecule has 96 valence electrons. The Labute approximate surface area is 105 Å². The number of nitrogens with zero attached hydrogens (tertiary/aromatic N) is 1. The molecule has 2 rings (SSSR count). The number of furan rings is 1. The van der Waals surface area contributed by atoms with Gasteiger partial charge in [-0.05, 0) is 25.1 Å². The molecule has 0 unspecified atom stereocenters. The second-order valence-electron chi connectivity index (χ2n) is 4.27. The van der Waals surface area contributed by atoms with Crippen molar-refractivity contribution in [2.24, 2.45) is 0 Å². The molecule has 0 spiro atoms. The molecule has 3 nitrogen and oxygen atoms in total. The molecule has 0 aliphatic rings. The Balaban J connectivity index is 2.25. The van der Waals surface area contributed by atoms with Crippen molar-refractivity contribution >= 4 is 5.69 Å². The number of halogens is 1. The van der Waals surface area contributed by atoms with Gasteiger partial charge >= 0.3 is 0 Å². The number of hydrogen-bond acceptors (Lipinski definition) is 3. The molecule has 0 aliphatic heterocycles. The highest BCUT2D eigenvalue weighted by molar-refractivity contribution is 5.54. The molecule has 1 aromatic carbocycles. The predicted molar refractivity (Wildman–Crippen MR) is 67.9 cm³/mol. The van der Waals surface area contributed by atoms with Crippen molar-refractivity contribution in [2.45, 2.75) is 20.1 Å². The fourth-order valence-corrected chi connectivity index (χ4v) is 2.00. The van der Waals surface area contributed by atoms with Gasteiger partial charge in [0.05, 0.1) is 18.8 Å². The molecular formula is C14H16FNO2. The van der Waals surface area contributed by atoms with Gasteiger partial charge < -0.3 is 14.4 Å². The normalized spacial score (nSPS) is 10.7. The lowest BCUT2D eigenvalue weighted by Gasteiger charge is -2.21. The standard InChI is InChI=1S/C14H16FNO2/c1-10-6-7-12(18-10)8-16(2)14-11(9-17)4-3-5-13(14)15/h3-7,17H,8-9H2,1-2H3. The summed E-state index contributed by atoms with van der Waals surface area (Å²) < 4.78 is 19.3. The third kappa shape index (κ3) is 2.54. The lowest BCUT2D eigenvalue weighted by atomic mass is 10.1. The summed E-state index contributed by atoms with van der Waals surface area (Å²) in [5.41, 5.74) is 0.981. The molecule has 4 heteroatoms. The van der Waals surface area contributed by atoms with Crippen molar-refractivity contribution in [1.29, 1.82) is 0 Å². The molecule has 0 saturated carbocycles. The minimum atomic E-state index is -0.340. The number of anilines is 1.